The molecule has 0 aliphatic heterocycles. The van der Waals surface area contributed by atoms with Gasteiger partial charge < -0.3 is 0 Å². The molecule has 0 bridgehead atoms. The summed E-state index contributed by atoms with van der Waals surface area (Å²) in [5.41, 5.74) is 0. The quantitative estimate of drug-likeness (QED) is 0.525. The predicted octanol–water partition coefficient (Wildman–Crippen LogP) is 0.268. The molecule has 0 fully saturated rings. The van der Waals surface area contributed by atoms with Crippen LogP contribution in [0, 0.1) is 11.8 Å². The van der Waals surface area contributed by atoms with E-state index >= 15 is 0 Å². The van der Waals surface area contributed by atoms with Crippen LogP contribution < -0.4 is 0 Å². The lowest BCUT2D eigenvalue weighted by Gasteiger charge is -2.26. The van der Waals surface area contributed by atoms with Crippen LogP contribution in [-0.2, 0) is 19.7 Å². The Morgan fingerprint density at radius 2 is 1.62 bits per heavy atom. The third-order valence-corrected chi connectivity index (χ3v) is 3.57. The summed E-state index contributed by atoms with van der Waals surface area (Å²) in [5, 5.41) is 0. The van der Waals surface area contributed by atoms with Gasteiger partial charge in [0.15, 0.2) is 0 Å². The minimum atomic E-state index is -4.45. The molecule has 16 heavy (non-hydrogen) atoms. The monoisotopic (exact) mass is 240 g/mol. The van der Waals surface area contributed by atoms with Gasteiger partial charge in [-0.25, -0.2) is 0 Å². The van der Waals surface area contributed by atoms with E-state index in [-0.39, 0.29) is 0 Å². The minimum absolute atomic E-state index is 0.414. The molecule has 2 atom stereocenters. The Morgan fingerprint density at radius 3 is 2.19 bits per heavy atom. The molecular formula is C10H8O5S. The Kier molecular flexibility index (Phi) is 2.40. The molecule has 0 saturated carbocycles. The Labute approximate surface area is 91.9 Å². The lowest BCUT2D eigenvalue weighted by molar-refractivity contribution is -0.136. The SMILES string of the molecule is O=C1C=C(S(=O)(=O)O)C2C=CC=CC2C1=O. The molecule has 2 unspecified atom stereocenters. The van der Waals surface area contributed by atoms with Gasteiger partial charge >= 0.3 is 0 Å². The van der Waals surface area contributed by atoms with Crippen molar-refractivity contribution >= 4 is 21.7 Å². The smallest absolute Gasteiger partial charge is 0.290 e. The van der Waals surface area contributed by atoms with E-state index in [9.17, 15) is 18.0 Å². The number of carbonyl (C=O) groups is 2. The van der Waals surface area contributed by atoms with Crippen LogP contribution >= 0.6 is 0 Å². The van der Waals surface area contributed by atoms with E-state index < -0.39 is 38.4 Å². The summed E-state index contributed by atoms with van der Waals surface area (Å²) >= 11 is 0. The number of rotatable bonds is 1. The third-order valence-electron chi connectivity index (χ3n) is 2.58. The molecule has 2 aliphatic carbocycles. The lowest BCUT2D eigenvalue weighted by Crippen LogP contribution is -2.35. The van der Waals surface area contributed by atoms with Crippen molar-refractivity contribution in [1.29, 1.82) is 0 Å². The fourth-order valence-corrected chi connectivity index (χ4v) is 2.66. The number of ketones is 2. The van der Waals surface area contributed by atoms with Gasteiger partial charge in [-0.05, 0) is 0 Å². The summed E-state index contributed by atoms with van der Waals surface area (Å²) < 4.78 is 31.1. The highest BCUT2D eigenvalue weighted by molar-refractivity contribution is 7.89. The summed E-state index contributed by atoms with van der Waals surface area (Å²) in [5.74, 6) is -3.14. The van der Waals surface area contributed by atoms with Gasteiger partial charge in [0, 0.05) is 12.0 Å². The second-order valence-electron chi connectivity index (χ2n) is 3.57. The average molecular weight is 240 g/mol. The summed E-state index contributed by atoms with van der Waals surface area (Å²) in [6.07, 6.45) is 6.78. The van der Waals surface area contributed by atoms with E-state index in [1.807, 2.05) is 0 Å². The van der Waals surface area contributed by atoms with Crippen molar-refractivity contribution in [1.82, 2.24) is 0 Å². The second kappa shape index (κ2) is 3.50. The first-order valence-corrected chi connectivity index (χ1v) is 5.97. The van der Waals surface area contributed by atoms with E-state index in [1.54, 1.807) is 12.2 Å². The highest BCUT2D eigenvalue weighted by Gasteiger charge is 2.40. The number of fused-ring (bicyclic) bond motifs is 1. The Morgan fingerprint density at radius 1 is 1.06 bits per heavy atom. The van der Waals surface area contributed by atoms with Gasteiger partial charge in [0.25, 0.3) is 10.1 Å². The van der Waals surface area contributed by atoms with Gasteiger partial charge in [-0.3, -0.25) is 14.1 Å². The molecule has 0 amide bonds. The van der Waals surface area contributed by atoms with E-state index in [2.05, 4.69) is 0 Å². The Balaban J connectivity index is 2.59. The Hall–Kier alpha value is -1.53. The first-order chi connectivity index (χ1) is 7.41. The summed E-state index contributed by atoms with van der Waals surface area (Å²) in [6, 6.07) is 0. The molecule has 0 aromatic rings. The molecule has 6 heteroatoms. The van der Waals surface area contributed by atoms with E-state index in [1.165, 1.54) is 12.2 Å². The number of hydrogen-bond acceptors (Lipinski definition) is 4. The van der Waals surface area contributed by atoms with Crippen molar-refractivity contribution in [2.24, 2.45) is 11.8 Å². The van der Waals surface area contributed by atoms with Crippen LogP contribution in [0.1, 0.15) is 0 Å². The molecule has 0 aromatic carbocycles. The van der Waals surface area contributed by atoms with Crippen molar-refractivity contribution in [2.75, 3.05) is 0 Å². The van der Waals surface area contributed by atoms with Crippen LogP contribution in [0.25, 0.3) is 0 Å². The molecule has 0 radical (unpaired) electrons. The molecule has 2 rings (SSSR count). The van der Waals surface area contributed by atoms with Gasteiger partial charge in [0.05, 0.1) is 10.8 Å². The second-order valence-corrected chi connectivity index (χ2v) is 4.99. The maximum Gasteiger partial charge on any atom is 0.291 e. The molecule has 1 N–H and O–H groups in total. The average Bonchev–Trinajstić information content (AvgIpc) is 2.22. The largest absolute Gasteiger partial charge is 0.291 e. The number of carbonyl (C=O) groups excluding carboxylic acids is 2. The van der Waals surface area contributed by atoms with Crippen molar-refractivity contribution in [3.63, 3.8) is 0 Å². The highest BCUT2D eigenvalue weighted by atomic mass is 32.2. The zero-order valence-electron chi connectivity index (χ0n) is 8.03. The van der Waals surface area contributed by atoms with Crippen LogP contribution in [0.5, 0.6) is 0 Å². The molecule has 5 nitrogen and oxygen atoms in total. The van der Waals surface area contributed by atoms with E-state index in [4.69, 9.17) is 4.55 Å². The van der Waals surface area contributed by atoms with Crippen LogP contribution in [0.3, 0.4) is 0 Å². The normalized spacial score (nSPS) is 28.9. The fourth-order valence-electron chi connectivity index (χ4n) is 1.84. The van der Waals surface area contributed by atoms with Crippen LogP contribution in [-0.4, -0.2) is 24.5 Å². The molecule has 0 saturated heterocycles. The third kappa shape index (κ3) is 1.66. The molecule has 0 aromatic heterocycles. The summed E-state index contributed by atoms with van der Waals surface area (Å²) in [4.78, 5) is 22.3. The zero-order valence-corrected chi connectivity index (χ0v) is 8.85. The van der Waals surface area contributed by atoms with Crippen molar-refractivity contribution in [2.45, 2.75) is 0 Å². The Bertz CT molecular complexity index is 550. The van der Waals surface area contributed by atoms with Crippen LogP contribution in [0.15, 0.2) is 35.3 Å². The highest BCUT2D eigenvalue weighted by Crippen LogP contribution is 2.33. The number of allylic oxidation sites excluding steroid dienone is 6. The van der Waals surface area contributed by atoms with Crippen molar-refractivity contribution in [3.05, 3.63) is 35.3 Å². The van der Waals surface area contributed by atoms with E-state index in [0.717, 1.165) is 0 Å². The van der Waals surface area contributed by atoms with Gasteiger partial charge in [-0.1, -0.05) is 24.3 Å². The van der Waals surface area contributed by atoms with Crippen molar-refractivity contribution < 1.29 is 22.6 Å². The molecule has 0 heterocycles. The fraction of sp³-hybridized carbons (Fsp3) is 0.200. The van der Waals surface area contributed by atoms with Gasteiger partial charge in [-0.15, -0.1) is 0 Å². The van der Waals surface area contributed by atoms with E-state index in [0.29, 0.717) is 6.08 Å². The van der Waals surface area contributed by atoms with Crippen LogP contribution in [0.4, 0.5) is 0 Å². The summed E-state index contributed by atoms with van der Waals surface area (Å²) in [6.45, 7) is 0. The standard InChI is InChI=1S/C10H8O5S/c11-8-5-9(16(13,14)15)6-3-1-2-4-7(6)10(8)12/h1-7H,(H,13,14,15). The molecule has 84 valence electrons. The van der Waals surface area contributed by atoms with Crippen molar-refractivity contribution in [3.8, 4) is 0 Å². The first kappa shape index (κ1) is 11.0. The van der Waals surface area contributed by atoms with Gasteiger partial charge in [0.1, 0.15) is 0 Å². The first-order valence-electron chi connectivity index (χ1n) is 4.53. The van der Waals surface area contributed by atoms with Gasteiger partial charge in [-0.2, -0.15) is 8.42 Å². The molecule has 0 spiro atoms. The minimum Gasteiger partial charge on any atom is -0.290 e. The maximum absolute atomic E-state index is 11.5. The summed E-state index contributed by atoms with van der Waals surface area (Å²) in [7, 11) is -4.45. The zero-order chi connectivity index (χ0) is 11.9. The predicted molar refractivity (Wildman–Crippen MR) is 54.9 cm³/mol. The number of Topliss-reactive ketones (excluding diaryl/α,β-unsaturated/α-hetero) is 1. The maximum atomic E-state index is 11.5. The molecule has 2 aliphatic rings. The topological polar surface area (TPSA) is 88.5 Å². The van der Waals surface area contributed by atoms with Gasteiger partial charge in [0.2, 0.25) is 11.6 Å². The molecular weight excluding hydrogens is 232 g/mol. The number of hydrogen-bond donors (Lipinski definition) is 1. The lowest BCUT2D eigenvalue weighted by atomic mass is 9.80. The van der Waals surface area contributed by atoms with Crippen LogP contribution in [0.2, 0.25) is 0 Å².